The minimum Gasteiger partial charge on any atom is -0.367 e. The van der Waals surface area contributed by atoms with E-state index in [4.69, 9.17) is 5.73 Å². The van der Waals surface area contributed by atoms with E-state index >= 15 is 0 Å². The Bertz CT molecular complexity index is 493. The summed E-state index contributed by atoms with van der Waals surface area (Å²) in [6.45, 7) is 2.55. The second kappa shape index (κ2) is 5.55. The van der Waals surface area contributed by atoms with E-state index < -0.39 is 0 Å². The van der Waals surface area contributed by atoms with Crippen LogP contribution in [0.25, 0.3) is 11.3 Å². The van der Waals surface area contributed by atoms with Crippen molar-refractivity contribution >= 4 is 5.82 Å². The molecule has 4 nitrogen and oxygen atoms in total. The highest BCUT2D eigenvalue weighted by molar-refractivity contribution is 5.59. The number of nitrogens with two attached hydrogens (primary N) is 1. The SMILES string of the molecule is CC(N)CNc1ccc(-c2ccc(F)cc2)nn1. The van der Waals surface area contributed by atoms with Gasteiger partial charge in [-0.1, -0.05) is 0 Å². The summed E-state index contributed by atoms with van der Waals surface area (Å²) in [5.41, 5.74) is 7.17. The normalized spacial score (nSPS) is 12.2. The van der Waals surface area contributed by atoms with Crippen LogP contribution in [0.15, 0.2) is 36.4 Å². The summed E-state index contributed by atoms with van der Waals surface area (Å²) in [5.74, 6) is 0.417. The van der Waals surface area contributed by atoms with E-state index in [-0.39, 0.29) is 11.9 Å². The zero-order valence-corrected chi connectivity index (χ0v) is 10.1. The maximum atomic E-state index is 12.8. The highest BCUT2D eigenvalue weighted by Crippen LogP contribution is 2.17. The maximum absolute atomic E-state index is 12.8. The first-order valence-corrected chi connectivity index (χ1v) is 5.74. The number of hydrogen-bond donors (Lipinski definition) is 2. The third-order valence-electron chi connectivity index (χ3n) is 2.41. The van der Waals surface area contributed by atoms with Gasteiger partial charge < -0.3 is 11.1 Å². The molecule has 0 spiro atoms. The number of hydrogen-bond acceptors (Lipinski definition) is 4. The molecular formula is C13H15FN4. The molecule has 0 aliphatic carbocycles. The molecule has 0 aliphatic rings. The van der Waals surface area contributed by atoms with Gasteiger partial charge in [0.05, 0.1) is 5.69 Å². The number of aromatic nitrogens is 2. The smallest absolute Gasteiger partial charge is 0.148 e. The van der Waals surface area contributed by atoms with Gasteiger partial charge in [-0.05, 0) is 43.3 Å². The molecule has 1 heterocycles. The number of halogens is 1. The van der Waals surface area contributed by atoms with E-state index in [0.717, 1.165) is 5.56 Å². The molecule has 0 bridgehead atoms. The topological polar surface area (TPSA) is 63.8 Å². The average molecular weight is 246 g/mol. The zero-order chi connectivity index (χ0) is 13.0. The van der Waals surface area contributed by atoms with Crippen LogP contribution in [-0.2, 0) is 0 Å². The molecule has 18 heavy (non-hydrogen) atoms. The Morgan fingerprint density at radius 1 is 1.17 bits per heavy atom. The molecule has 0 aliphatic heterocycles. The van der Waals surface area contributed by atoms with E-state index in [1.54, 1.807) is 12.1 Å². The maximum Gasteiger partial charge on any atom is 0.148 e. The van der Waals surface area contributed by atoms with Crippen molar-refractivity contribution in [3.8, 4) is 11.3 Å². The Labute approximate surface area is 105 Å². The molecule has 0 saturated carbocycles. The van der Waals surface area contributed by atoms with Crippen LogP contribution in [0.5, 0.6) is 0 Å². The Hall–Kier alpha value is -2.01. The molecule has 1 aromatic heterocycles. The first-order valence-electron chi connectivity index (χ1n) is 5.74. The van der Waals surface area contributed by atoms with Crippen molar-refractivity contribution in [2.75, 3.05) is 11.9 Å². The van der Waals surface area contributed by atoms with E-state index in [9.17, 15) is 4.39 Å². The number of anilines is 1. The fourth-order valence-corrected chi connectivity index (χ4v) is 1.47. The zero-order valence-electron chi connectivity index (χ0n) is 10.1. The monoisotopic (exact) mass is 246 g/mol. The lowest BCUT2D eigenvalue weighted by molar-refractivity contribution is 0.628. The van der Waals surface area contributed by atoms with Crippen LogP contribution in [0.3, 0.4) is 0 Å². The van der Waals surface area contributed by atoms with Gasteiger partial charge in [-0.2, -0.15) is 0 Å². The molecule has 0 amide bonds. The minimum absolute atomic E-state index is 0.0589. The van der Waals surface area contributed by atoms with Gasteiger partial charge in [0.1, 0.15) is 11.6 Å². The molecule has 1 aromatic carbocycles. The van der Waals surface area contributed by atoms with Crippen molar-refractivity contribution in [2.24, 2.45) is 5.73 Å². The quantitative estimate of drug-likeness (QED) is 0.866. The van der Waals surface area contributed by atoms with Gasteiger partial charge >= 0.3 is 0 Å². The van der Waals surface area contributed by atoms with Crippen LogP contribution in [0, 0.1) is 5.82 Å². The predicted molar refractivity (Wildman–Crippen MR) is 69.6 cm³/mol. The van der Waals surface area contributed by atoms with E-state index in [1.165, 1.54) is 12.1 Å². The molecule has 3 N–H and O–H groups in total. The molecule has 0 radical (unpaired) electrons. The fourth-order valence-electron chi connectivity index (χ4n) is 1.47. The molecule has 2 aromatic rings. The van der Waals surface area contributed by atoms with Crippen LogP contribution in [0.2, 0.25) is 0 Å². The highest BCUT2D eigenvalue weighted by atomic mass is 19.1. The van der Waals surface area contributed by atoms with Crippen LogP contribution in [0.1, 0.15) is 6.92 Å². The lowest BCUT2D eigenvalue weighted by Crippen LogP contribution is -2.25. The molecule has 94 valence electrons. The summed E-state index contributed by atoms with van der Waals surface area (Å²) >= 11 is 0. The molecular weight excluding hydrogens is 231 g/mol. The second-order valence-electron chi connectivity index (χ2n) is 4.17. The van der Waals surface area contributed by atoms with Crippen LogP contribution >= 0.6 is 0 Å². The van der Waals surface area contributed by atoms with Crippen LogP contribution in [0.4, 0.5) is 10.2 Å². The predicted octanol–water partition coefficient (Wildman–Crippen LogP) is 2.04. The lowest BCUT2D eigenvalue weighted by atomic mass is 10.1. The molecule has 1 unspecified atom stereocenters. The summed E-state index contributed by atoms with van der Waals surface area (Å²) in [5, 5.41) is 11.2. The minimum atomic E-state index is -0.262. The third-order valence-corrected chi connectivity index (χ3v) is 2.41. The van der Waals surface area contributed by atoms with Gasteiger partial charge in [-0.3, -0.25) is 0 Å². The number of nitrogens with zero attached hydrogens (tertiary/aromatic N) is 2. The van der Waals surface area contributed by atoms with E-state index in [0.29, 0.717) is 18.1 Å². The Morgan fingerprint density at radius 2 is 1.89 bits per heavy atom. The van der Waals surface area contributed by atoms with Gasteiger partial charge in [0.2, 0.25) is 0 Å². The average Bonchev–Trinajstić information content (AvgIpc) is 2.38. The van der Waals surface area contributed by atoms with E-state index in [2.05, 4.69) is 15.5 Å². The Morgan fingerprint density at radius 3 is 2.44 bits per heavy atom. The van der Waals surface area contributed by atoms with Gasteiger partial charge in [0, 0.05) is 18.2 Å². The van der Waals surface area contributed by atoms with Crippen molar-refractivity contribution in [3.63, 3.8) is 0 Å². The number of benzene rings is 1. The van der Waals surface area contributed by atoms with Gasteiger partial charge in [0.25, 0.3) is 0 Å². The first kappa shape index (κ1) is 12.4. The van der Waals surface area contributed by atoms with Crippen LogP contribution in [-0.4, -0.2) is 22.8 Å². The largest absolute Gasteiger partial charge is 0.367 e. The third kappa shape index (κ3) is 3.24. The lowest BCUT2D eigenvalue weighted by Gasteiger charge is -2.07. The molecule has 5 heteroatoms. The van der Waals surface area contributed by atoms with Gasteiger partial charge in [-0.15, -0.1) is 10.2 Å². The van der Waals surface area contributed by atoms with Gasteiger partial charge in [0.15, 0.2) is 0 Å². The molecule has 2 rings (SSSR count). The van der Waals surface area contributed by atoms with Crippen molar-refractivity contribution < 1.29 is 4.39 Å². The molecule has 1 atom stereocenters. The number of rotatable bonds is 4. The Balaban J connectivity index is 2.09. The first-order chi connectivity index (χ1) is 8.65. The summed E-state index contributed by atoms with van der Waals surface area (Å²) in [6, 6.07) is 9.88. The van der Waals surface area contributed by atoms with Crippen molar-refractivity contribution in [1.29, 1.82) is 0 Å². The summed E-state index contributed by atoms with van der Waals surface area (Å²) in [4.78, 5) is 0. The number of nitrogens with one attached hydrogen (secondary N) is 1. The standard InChI is InChI=1S/C13H15FN4/c1-9(15)8-16-13-7-6-12(17-18-13)10-2-4-11(14)5-3-10/h2-7,9H,8,15H2,1H3,(H,16,18). The Kier molecular flexibility index (Phi) is 3.84. The molecule has 0 saturated heterocycles. The van der Waals surface area contributed by atoms with E-state index in [1.807, 2.05) is 19.1 Å². The summed E-state index contributed by atoms with van der Waals surface area (Å²) in [6.07, 6.45) is 0. The van der Waals surface area contributed by atoms with Gasteiger partial charge in [-0.25, -0.2) is 4.39 Å². The summed E-state index contributed by atoms with van der Waals surface area (Å²) < 4.78 is 12.8. The highest BCUT2D eigenvalue weighted by Gasteiger charge is 2.02. The van der Waals surface area contributed by atoms with Crippen molar-refractivity contribution in [2.45, 2.75) is 13.0 Å². The second-order valence-corrected chi connectivity index (χ2v) is 4.17. The molecule has 0 fully saturated rings. The van der Waals surface area contributed by atoms with Crippen molar-refractivity contribution in [3.05, 3.63) is 42.2 Å². The van der Waals surface area contributed by atoms with Crippen molar-refractivity contribution in [1.82, 2.24) is 10.2 Å². The fraction of sp³-hybridized carbons (Fsp3) is 0.231. The van der Waals surface area contributed by atoms with Crippen LogP contribution < -0.4 is 11.1 Å². The summed E-state index contributed by atoms with van der Waals surface area (Å²) in [7, 11) is 0.